The van der Waals surface area contributed by atoms with Gasteiger partial charge in [-0.3, -0.25) is 0 Å². The molecule has 0 saturated heterocycles. The van der Waals surface area contributed by atoms with Crippen molar-refractivity contribution >= 4 is 11.6 Å². The smallest absolute Gasteiger partial charge is 0.0230 e. The highest BCUT2D eigenvalue weighted by molar-refractivity contribution is 5.65. The molecule has 22 heavy (non-hydrogen) atoms. The zero-order valence-corrected chi connectivity index (χ0v) is 14.8. The summed E-state index contributed by atoms with van der Waals surface area (Å²) in [5, 5.41) is 0. The van der Waals surface area contributed by atoms with Gasteiger partial charge in [0.2, 0.25) is 0 Å². The van der Waals surface area contributed by atoms with Crippen molar-refractivity contribution in [1.82, 2.24) is 0 Å². The van der Waals surface area contributed by atoms with Crippen LogP contribution in [0.25, 0.3) is 11.6 Å². The fourth-order valence-corrected chi connectivity index (χ4v) is 3.55. The van der Waals surface area contributed by atoms with Gasteiger partial charge in [0.05, 0.1) is 0 Å². The molecule has 0 bridgehead atoms. The number of benzene rings is 1. The maximum atomic E-state index is 4.36. The molecule has 0 spiro atoms. The second kappa shape index (κ2) is 7.81. The molecular formula is C22H32. The maximum absolute atomic E-state index is 4.36. The third-order valence-corrected chi connectivity index (χ3v) is 5.38. The third-order valence-electron chi connectivity index (χ3n) is 5.38. The Bertz CT molecular complexity index is 503. The minimum absolute atomic E-state index is 0.601. The molecule has 3 unspecified atom stereocenters. The minimum atomic E-state index is 0.601. The molecular weight excluding hydrogens is 264 g/mol. The Kier molecular flexibility index (Phi) is 6.06. The van der Waals surface area contributed by atoms with Gasteiger partial charge in [-0.2, -0.15) is 0 Å². The van der Waals surface area contributed by atoms with E-state index in [1.807, 2.05) is 0 Å². The van der Waals surface area contributed by atoms with Gasteiger partial charge in [-0.1, -0.05) is 83.5 Å². The van der Waals surface area contributed by atoms with Crippen LogP contribution < -0.4 is 0 Å². The Morgan fingerprint density at radius 1 is 1.18 bits per heavy atom. The van der Waals surface area contributed by atoms with Gasteiger partial charge in [-0.25, -0.2) is 0 Å². The van der Waals surface area contributed by atoms with Crippen LogP contribution >= 0.6 is 0 Å². The molecule has 2 rings (SSSR count). The van der Waals surface area contributed by atoms with E-state index in [2.05, 4.69) is 70.7 Å². The van der Waals surface area contributed by atoms with E-state index in [1.54, 1.807) is 0 Å². The molecule has 1 aliphatic carbocycles. The molecule has 0 amide bonds. The lowest BCUT2D eigenvalue weighted by atomic mass is 9.71. The van der Waals surface area contributed by atoms with Gasteiger partial charge in [0.1, 0.15) is 0 Å². The number of rotatable bonds is 5. The summed E-state index contributed by atoms with van der Waals surface area (Å²) >= 11 is 0. The molecule has 1 aromatic carbocycles. The molecule has 3 atom stereocenters. The van der Waals surface area contributed by atoms with E-state index in [0.29, 0.717) is 5.92 Å². The summed E-state index contributed by atoms with van der Waals surface area (Å²) in [4.78, 5) is 0. The second-order valence-corrected chi connectivity index (χ2v) is 7.56. The Labute approximate surface area is 137 Å². The van der Waals surface area contributed by atoms with Crippen LogP contribution in [0.4, 0.5) is 0 Å². The van der Waals surface area contributed by atoms with Gasteiger partial charge in [-0.05, 0) is 53.2 Å². The lowest BCUT2D eigenvalue weighted by Gasteiger charge is -2.34. The molecule has 0 aromatic heterocycles. The Morgan fingerprint density at radius 2 is 1.86 bits per heavy atom. The van der Waals surface area contributed by atoms with Gasteiger partial charge in [0.25, 0.3) is 0 Å². The fourth-order valence-electron chi connectivity index (χ4n) is 3.55. The van der Waals surface area contributed by atoms with Crippen molar-refractivity contribution in [2.24, 2.45) is 23.7 Å². The van der Waals surface area contributed by atoms with Crippen molar-refractivity contribution in [3.05, 3.63) is 48.0 Å². The van der Waals surface area contributed by atoms with Crippen molar-refractivity contribution in [3.63, 3.8) is 0 Å². The van der Waals surface area contributed by atoms with E-state index in [0.717, 1.165) is 24.2 Å². The molecule has 0 heteroatoms. The molecule has 0 aliphatic heterocycles. The van der Waals surface area contributed by atoms with Crippen LogP contribution in [0.15, 0.2) is 36.9 Å². The van der Waals surface area contributed by atoms with E-state index in [4.69, 9.17) is 0 Å². The first-order chi connectivity index (χ1) is 10.5. The van der Waals surface area contributed by atoms with Crippen molar-refractivity contribution < 1.29 is 0 Å². The average molecular weight is 296 g/mol. The predicted molar refractivity (Wildman–Crippen MR) is 99.6 cm³/mol. The monoisotopic (exact) mass is 296 g/mol. The van der Waals surface area contributed by atoms with Crippen molar-refractivity contribution in [1.29, 1.82) is 0 Å². The van der Waals surface area contributed by atoms with Crippen molar-refractivity contribution in [2.75, 3.05) is 0 Å². The van der Waals surface area contributed by atoms with E-state index in [1.165, 1.54) is 36.0 Å². The average Bonchev–Trinajstić information content (AvgIpc) is 2.50. The second-order valence-electron chi connectivity index (χ2n) is 7.56. The molecule has 0 heterocycles. The van der Waals surface area contributed by atoms with E-state index >= 15 is 0 Å². The number of hydrogen-bond donors (Lipinski definition) is 0. The number of hydrogen-bond acceptors (Lipinski definition) is 0. The van der Waals surface area contributed by atoms with Crippen LogP contribution in [-0.4, -0.2) is 0 Å². The topological polar surface area (TPSA) is 0 Å². The minimum Gasteiger partial charge on any atom is -0.0952 e. The van der Waals surface area contributed by atoms with Crippen LogP contribution in [0.1, 0.15) is 64.5 Å². The highest BCUT2D eigenvalue weighted by Crippen LogP contribution is 2.39. The fraction of sp³-hybridized carbons (Fsp3) is 0.545. The molecule has 1 fully saturated rings. The quantitative estimate of drug-likeness (QED) is 0.558. The Hall–Kier alpha value is -1.30. The van der Waals surface area contributed by atoms with E-state index in [-0.39, 0.29) is 0 Å². The highest BCUT2D eigenvalue weighted by atomic mass is 14.3. The molecule has 0 radical (unpaired) electrons. The van der Waals surface area contributed by atoms with Crippen LogP contribution in [0.3, 0.4) is 0 Å². The summed E-state index contributed by atoms with van der Waals surface area (Å²) in [6.07, 6.45) is 9.78. The Morgan fingerprint density at radius 3 is 2.50 bits per heavy atom. The largest absolute Gasteiger partial charge is 0.0952 e. The van der Waals surface area contributed by atoms with E-state index in [9.17, 15) is 0 Å². The van der Waals surface area contributed by atoms with Crippen molar-refractivity contribution in [3.8, 4) is 0 Å². The van der Waals surface area contributed by atoms with E-state index < -0.39 is 0 Å². The molecule has 1 aromatic rings. The maximum Gasteiger partial charge on any atom is -0.0230 e. The van der Waals surface area contributed by atoms with Gasteiger partial charge >= 0.3 is 0 Å². The van der Waals surface area contributed by atoms with Crippen LogP contribution in [-0.2, 0) is 0 Å². The van der Waals surface area contributed by atoms with Crippen LogP contribution in [0, 0.1) is 23.7 Å². The van der Waals surface area contributed by atoms with Gasteiger partial charge in [-0.15, -0.1) is 0 Å². The zero-order valence-electron chi connectivity index (χ0n) is 14.8. The van der Waals surface area contributed by atoms with Gasteiger partial charge < -0.3 is 0 Å². The van der Waals surface area contributed by atoms with Crippen LogP contribution in [0.5, 0.6) is 0 Å². The van der Waals surface area contributed by atoms with Crippen molar-refractivity contribution in [2.45, 2.75) is 53.4 Å². The first-order valence-electron chi connectivity index (χ1n) is 8.93. The first kappa shape index (κ1) is 17.1. The third kappa shape index (κ3) is 4.60. The molecule has 120 valence electrons. The summed E-state index contributed by atoms with van der Waals surface area (Å²) in [5.74, 6) is 3.12. The summed E-state index contributed by atoms with van der Waals surface area (Å²) in [7, 11) is 0. The first-order valence-corrected chi connectivity index (χ1v) is 8.93. The zero-order chi connectivity index (χ0) is 16.1. The predicted octanol–water partition coefficient (Wildman–Crippen LogP) is 6.83. The standard InChI is InChI=1S/C22H32/c1-16(2)9-10-20-11-13-21(14-12-20)18(4)15-22-8-6-7-17(3)19(22)5/h9-14,16-17,19,22H,4,6-8,15H2,1-3,5H3/b10-9+. The molecule has 1 saturated carbocycles. The van der Waals surface area contributed by atoms with Crippen LogP contribution in [0.2, 0.25) is 0 Å². The lowest BCUT2D eigenvalue weighted by Crippen LogP contribution is -2.24. The summed E-state index contributed by atoms with van der Waals surface area (Å²) in [5.41, 5.74) is 3.90. The molecule has 0 N–H and O–H groups in total. The lowest BCUT2D eigenvalue weighted by molar-refractivity contribution is 0.186. The normalized spacial score (nSPS) is 25.8. The van der Waals surface area contributed by atoms with Gasteiger partial charge in [0, 0.05) is 0 Å². The summed E-state index contributed by atoms with van der Waals surface area (Å²) < 4.78 is 0. The summed E-state index contributed by atoms with van der Waals surface area (Å²) in [6.45, 7) is 13.6. The Balaban J connectivity index is 1.98. The SMILES string of the molecule is C=C(CC1CCCC(C)C1C)c1ccc(/C=C/C(C)C)cc1. The highest BCUT2D eigenvalue weighted by Gasteiger charge is 2.27. The molecule has 0 nitrogen and oxygen atoms in total. The molecule has 1 aliphatic rings. The number of allylic oxidation sites excluding steroid dienone is 2. The van der Waals surface area contributed by atoms with Gasteiger partial charge in [0.15, 0.2) is 0 Å². The summed E-state index contributed by atoms with van der Waals surface area (Å²) in [6, 6.07) is 8.90.